The van der Waals surface area contributed by atoms with E-state index in [2.05, 4.69) is 15.8 Å². The average Bonchev–Trinajstić information content (AvgIpc) is 3.76. The Kier molecular flexibility index (Phi) is 8.85. The molecule has 0 unspecified atom stereocenters. The first-order valence-electron chi connectivity index (χ1n) is 19.1. The molecule has 2 aromatic carbocycles. The van der Waals surface area contributed by atoms with Crippen LogP contribution in [0.4, 0.5) is 23.8 Å². The van der Waals surface area contributed by atoms with Crippen molar-refractivity contribution in [1.29, 1.82) is 0 Å². The number of halogens is 3. The van der Waals surface area contributed by atoms with Crippen LogP contribution in [0.15, 0.2) is 24.3 Å². The van der Waals surface area contributed by atoms with Crippen LogP contribution in [0.1, 0.15) is 58.4 Å². The van der Waals surface area contributed by atoms with E-state index in [0.717, 1.165) is 25.8 Å². The van der Waals surface area contributed by atoms with Crippen LogP contribution in [0.2, 0.25) is 0 Å². The van der Waals surface area contributed by atoms with Gasteiger partial charge in [0.1, 0.15) is 59.0 Å². The number of carbonyl (C=O) groups is 1. The van der Waals surface area contributed by atoms with Crippen molar-refractivity contribution in [3.63, 3.8) is 0 Å². The van der Waals surface area contributed by atoms with Gasteiger partial charge in [-0.25, -0.2) is 22.9 Å². The molecule has 0 aliphatic carbocycles. The minimum absolute atomic E-state index is 0.0543. The Bertz CT molecular complexity index is 2300. The normalized spacial score (nSPS) is 25.5. The van der Waals surface area contributed by atoms with Gasteiger partial charge in [0.25, 0.3) is 0 Å². The van der Waals surface area contributed by atoms with Gasteiger partial charge in [-0.15, -0.1) is 6.42 Å². The fourth-order valence-electron chi connectivity index (χ4n) is 9.50. The molecule has 7 heterocycles. The highest BCUT2D eigenvalue weighted by atomic mass is 19.1. The predicted octanol–water partition coefficient (Wildman–Crippen LogP) is 6.39. The van der Waals surface area contributed by atoms with E-state index in [-0.39, 0.29) is 77.1 Å². The third-order valence-corrected chi connectivity index (χ3v) is 11.8. The number of rotatable bonds is 7. The molecule has 0 N–H and O–H groups in total. The lowest BCUT2D eigenvalue weighted by Gasteiger charge is -2.46. The van der Waals surface area contributed by atoms with Gasteiger partial charge < -0.3 is 28.6 Å². The van der Waals surface area contributed by atoms with Gasteiger partial charge in [0.15, 0.2) is 12.6 Å². The van der Waals surface area contributed by atoms with Crippen molar-refractivity contribution < 1.29 is 41.7 Å². The Morgan fingerprint density at radius 2 is 1.93 bits per heavy atom. The highest BCUT2D eigenvalue weighted by Gasteiger charge is 2.52. The number of amides is 1. The molecule has 56 heavy (non-hydrogen) atoms. The third-order valence-electron chi connectivity index (χ3n) is 11.8. The number of terminal acetylenes is 1. The number of benzene rings is 2. The quantitative estimate of drug-likeness (QED) is 0.154. The molecule has 2 aromatic heterocycles. The second-order valence-corrected chi connectivity index (χ2v) is 16.4. The lowest BCUT2D eigenvalue weighted by molar-refractivity contribution is 0.00537. The van der Waals surface area contributed by atoms with Crippen LogP contribution in [-0.2, 0) is 9.47 Å². The summed E-state index contributed by atoms with van der Waals surface area (Å²) in [5.41, 5.74) is -1.46. The minimum atomic E-state index is -0.972. The monoisotopic (exact) mass is 772 g/mol. The first-order valence-corrected chi connectivity index (χ1v) is 19.1. The summed E-state index contributed by atoms with van der Waals surface area (Å²) in [5.74, 6) is 1.65. The number of pyridine rings is 1. The van der Waals surface area contributed by atoms with Gasteiger partial charge in [0.05, 0.1) is 29.2 Å². The number of alkyl halides is 1. The molecule has 0 saturated carbocycles. The number of methoxy groups -OCH3 is 1. The summed E-state index contributed by atoms with van der Waals surface area (Å²) in [7, 11) is 1.47. The summed E-state index contributed by atoms with van der Waals surface area (Å²) in [5, 5.41) is 0.970. The Morgan fingerprint density at radius 1 is 1.09 bits per heavy atom. The van der Waals surface area contributed by atoms with Gasteiger partial charge >= 0.3 is 12.1 Å². The van der Waals surface area contributed by atoms with E-state index in [9.17, 15) is 9.18 Å². The maximum Gasteiger partial charge on any atom is 0.410 e. The third kappa shape index (κ3) is 6.00. The van der Waals surface area contributed by atoms with E-state index in [1.807, 2.05) is 25.7 Å². The molecule has 0 spiro atoms. The maximum absolute atomic E-state index is 17.5. The van der Waals surface area contributed by atoms with Crippen molar-refractivity contribution in [2.45, 2.75) is 88.3 Å². The summed E-state index contributed by atoms with van der Waals surface area (Å²) in [6.45, 7) is 7.07. The molecule has 294 valence electrons. The maximum atomic E-state index is 17.5. The molecule has 12 nitrogen and oxygen atoms in total. The fraction of sp³-hybridized carbons (Fsp3) is 0.512. The molecule has 15 heteroatoms. The predicted molar refractivity (Wildman–Crippen MR) is 201 cm³/mol. The van der Waals surface area contributed by atoms with Crippen LogP contribution in [0, 0.1) is 24.0 Å². The van der Waals surface area contributed by atoms with Crippen molar-refractivity contribution in [3.8, 4) is 41.2 Å². The van der Waals surface area contributed by atoms with E-state index in [4.69, 9.17) is 40.1 Å². The van der Waals surface area contributed by atoms with Crippen molar-refractivity contribution in [2.75, 3.05) is 51.7 Å². The van der Waals surface area contributed by atoms with Crippen LogP contribution in [0.5, 0.6) is 17.6 Å². The number of piperazine rings is 1. The van der Waals surface area contributed by atoms with Crippen LogP contribution in [0.3, 0.4) is 0 Å². The van der Waals surface area contributed by atoms with E-state index >= 15 is 8.78 Å². The molecule has 4 aromatic rings. The number of aromatic nitrogens is 3. The SMILES string of the molecule is C#Cc1c(F)ccc2cc(OCOC)cc(-c3nc4c5c(nc(OC[C@@]67CCCN6C[C@@H](F)C7)nc5c3F)N3C[C@@H]5CC[C@H]([C@H]3CO4)N5C(=O)OC(C)(C)C)c12. The van der Waals surface area contributed by atoms with Crippen molar-refractivity contribution in [2.24, 2.45) is 0 Å². The van der Waals surface area contributed by atoms with Crippen LogP contribution in [-0.4, -0.2) is 113 Å². The van der Waals surface area contributed by atoms with E-state index in [1.165, 1.54) is 25.3 Å². The highest BCUT2D eigenvalue weighted by Crippen LogP contribution is 2.47. The Morgan fingerprint density at radius 3 is 2.71 bits per heavy atom. The molecule has 0 radical (unpaired) electrons. The van der Waals surface area contributed by atoms with Crippen LogP contribution < -0.4 is 19.1 Å². The summed E-state index contributed by atoms with van der Waals surface area (Å²) in [4.78, 5) is 33.9. The molecular weight excluding hydrogens is 729 g/mol. The molecule has 1 amide bonds. The Labute approximate surface area is 322 Å². The zero-order chi connectivity index (χ0) is 39.1. The van der Waals surface area contributed by atoms with Gasteiger partial charge in [0, 0.05) is 37.6 Å². The molecule has 5 aliphatic rings. The molecular formula is C41H43F3N6O6. The molecule has 4 saturated heterocycles. The largest absolute Gasteiger partial charge is 0.475 e. The van der Waals surface area contributed by atoms with Crippen LogP contribution in [0.25, 0.3) is 32.9 Å². The summed E-state index contributed by atoms with van der Waals surface area (Å²) < 4.78 is 77.2. The fourth-order valence-corrected chi connectivity index (χ4v) is 9.50. The van der Waals surface area contributed by atoms with E-state index in [1.54, 1.807) is 11.0 Å². The molecule has 4 fully saturated rings. The molecule has 5 aliphatic heterocycles. The van der Waals surface area contributed by atoms with E-state index < -0.39 is 41.1 Å². The lowest BCUT2D eigenvalue weighted by Crippen LogP contribution is -2.63. The average molecular weight is 773 g/mol. The van der Waals surface area contributed by atoms with Gasteiger partial charge in [0.2, 0.25) is 5.88 Å². The smallest absolute Gasteiger partial charge is 0.410 e. The van der Waals surface area contributed by atoms with Crippen molar-refractivity contribution >= 4 is 33.6 Å². The topological polar surface area (TPSA) is 112 Å². The number of ether oxygens (including phenoxy) is 5. The summed E-state index contributed by atoms with van der Waals surface area (Å²) in [6, 6.07) is 4.97. The number of anilines is 1. The number of fused-ring (bicyclic) bond motifs is 7. The first-order chi connectivity index (χ1) is 26.9. The Hall–Kier alpha value is -5.07. The summed E-state index contributed by atoms with van der Waals surface area (Å²) >= 11 is 0. The van der Waals surface area contributed by atoms with Gasteiger partial charge in [-0.05, 0) is 76.6 Å². The molecule has 2 bridgehead atoms. The standard InChI is InChI=1S/C41H43F3N6O6/c1-6-26-28(43)10-8-22-14-25(55-21-52-5)15-27(31(22)26)34-33(44)35-32-36(47-38(46-35)54-20-41-12-7-13-48(41)17-23(42)16-41)49-18-24-9-11-29(30(49)19-53-37(32)45-34)50(24)39(51)56-40(2,3)4/h1,8,10,14-15,23-24,29-30H,7,9,11-13,16-21H2,2-5H3/t23-,24-,29+,30+,41-/m0/s1. The zero-order valence-electron chi connectivity index (χ0n) is 31.7. The van der Waals surface area contributed by atoms with E-state index in [0.29, 0.717) is 42.9 Å². The van der Waals surface area contributed by atoms with Crippen molar-refractivity contribution in [3.05, 3.63) is 41.5 Å². The second-order valence-electron chi connectivity index (χ2n) is 16.4. The highest BCUT2D eigenvalue weighted by molar-refractivity contribution is 6.04. The molecule has 9 rings (SSSR count). The molecule has 5 atom stereocenters. The van der Waals surface area contributed by atoms with Crippen LogP contribution >= 0.6 is 0 Å². The number of hydrogen-bond acceptors (Lipinski definition) is 11. The zero-order valence-corrected chi connectivity index (χ0v) is 31.7. The van der Waals surface area contributed by atoms with Gasteiger partial charge in [-0.1, -0.05) is 12.0 Å². The number of hydrogen-bond donors (Lipinski definition) is 0. The second kappa shape index (κ2) is 13.5. The minimum Gasteiger partial charge on any atom is -0.475 e. The number of nitrogens with zero attached hydrogens (tertiary/aromatic N) is 6. The van der Waals surface area contributed by atoms with Gasteiger partial charge in [-0.2, -0.15) is 9.97 Å². The Balaban J connectivity index is 1.21. The number of carbonyl (C=O) groups excluding carboxylic acids is 1. The summed E-state index contributed by atoms with van der Waals surface area (Å²) in [6.07, 6.45) is 7.89. The van der Waals surface area contributed by atoms with Gasteiger partial charge in [-0.3, -0.25) is 9.80 Å². The lowest BCUT2D eigenvalue weighted by atomic mass is 9.95. The van der Waals surface area contributed by atoms with Crippen molar-refractivity contribution in [1.82, 2.24) is 24.8 Å². The first kappa shape index (κ1) is 36.6.